The number of aromatic nitrogens is 2. The Morgan fingerprint density at radius 2 is 1.89 bits per heavy atom. The summed E-state index contributed by atoms with van der Waals surface area (Å²) >= 11 is 0. The summed E-state index contributed by atoms with van der Waals surface area (Å²) in [5.74, 6) is -1.44. The number of halogens is 2. The molecule has 1 heterocycles. The van der Waals surface area contributed by atoms with Crippen LogP contribution in [0, 0.1) is 11.6 Å². The van der Waals surface area contributed by atoms with Gasteiger partial charge in [-0.15, -0.1) is 0 Å². The standard InChI is InChI=1S/C27H32F2N4O3/c1-26(2,3)36-25(35)32-23(14-18-12-20(28)16-21(29)13-18)24(34)17-30-27(8-9-27)19-6-4-7-22(15-19)33-11-5-10-31-33/h4-7,10-13,15-16,23-24,30,34H,8-9,14,17H2,1-3H3,(H,32,35). The summed E-state index contributed by atoms with van der Waals surface area (Å²) in [4.78, 5) is 12.5. The highest BCUT2D eigenvalue weighted by Crippen LogP contribution is 2.45. The van der Waals surface area contributed by atoms with E-state index < -0.39 is 35.5 Å². The number of hydrogen-bond acceptors (Lipinski definition) is 5. The third-order valence-corrected chi connectivity index (χ3v) is 6.11. The number of hydrogen-bond donors (Lipinski definition) is 3. The number of carbonyl (C=O) groups is 1. The SMILES string of the molecule is CC(C)(C)OC(=O)NC(Cc1cc(F)cc(F)c1)C(O)CNC1(c2cccc(-n3cccn3)c2)CC1. The van der Waals surface area contributed by atoms with Crippen LogP contribution < -0.4 is 10.6 Å². The summed E-state index contributed by atoms with van der Waals surface area (Å²) in [6.07, 6.45) is 3.64. The normalized spacial score (nSPS) is 16.3. The van der Waals surface area contributed by atoms with Crippen molar-refractivity contribution >= 4 is 6.09 Å². The Bertz CT molecular complexity index is 1170. The average Bonchev–Trinajstić information content (AvgIpc) is 3.38. The number of alkyl carbamates (subject to hydrolysis) is 1. The third kappa shape index (κ3) is 6.67. The molecule has 0 aliphatic heterocycles. The molecule has 1 saturated carbocycles. The first-order valence-electron chi connectivity index (χ1n) is 12.0. The van der Waals surface area contributed by atoms with Gasteiger partial charge in [0.05, 0.1) is 17.8 Å². The fourth-order valence-corrected chi connectivity index (χ4v) is 4.23. The van der Waals surface area contributed by atoms with Gasteiger partial charge in [0.15, 0.2) is 0 Å². The van der Waals surface area contributed by atoms with E-state index in [0.717, 1.165) is 30.2 Å². The maximum Gasteiger partial charge on any atom is 0.407 e. The van der Waals surface area contributed by atoms with Gasteiger partial charge in [-0.25, -0.2) is 18.3 Å². The third-order valence-electron chi connectivity index (χ3n) is 6.11. The number of nitrogens with one attached hydrogen (secondary N) is 2. The molecule has 0 bridgehead atoms. The lowest BCUT2D eigenvalue weighted by molar-refractivity contribution is 0.0419. The zero-order chi connectivity index (χ0) is 25.9. The number of amides is 1. The fraction of sp³-hybridized carbons (Fsp3) is 0.407. The van der Waals surface area contributed by atoms with E-state index in [1.807, 2.05) is 30.5 Å². The van der Waals surface area contributed by atoms with Crippen molar-refractivity contribution in [2.75, 3.05) is 6.54 Å². The van der Waals surface area contributed by atoms with Gasteiger partial charge in [0.25, 0.3) is 0 Å². The first-order chi connectivity index (χ1) is 17.0. The number of carbonyl (C=O) groups excluding carboxylic acids is 1. The van der Waals surface area contributed by atoms with Crippen LogP contribution in [-0.2, 0) is 16.7 Å². The van der Waals surface area contributed by atoms with Crippen LogP contribution in [0.25, 0.3) is 5.69 Å². The second kappa shape index (κ2) is 10.4. The zero-order valence-corrected chi connectivity index (χ0v) is 20.7. The summed E-state index contributed by atoms with van der Waals surface area (Å²) in [5.41, 5.74) is 1.29. The maximum absolute atomic E-state index is 13.8. The zero-order valence-electron chi connectivity index (χ0n) is 20.7. The lowest BCUT2D eigenvalue weighted by Crippen LogP contribution is -2.51. The van der Waals surface area contributed by atoms with Crippen LogP contribution >= 0.6 is 0 Å². The highest BCUT2D eigenvalue weighted by atomic mass is 19.1. The van der Waals surface area contributed by atoms with Crippen molar-refractivity contribution < 1.29 is 23.4 Å². The molecular formula is C27H32F2N4O3. The van der Waals surface area contributed by atoms with Crippen LogP contribution in [0.5, 0.6) is 0 Å². The molecule has 2 aromatic carbocycles. The van der Waals surface area contributed by atoms with E-state index >= 15 is 0 Å². The molecule has 1 amide bonds. The minimum Gasteiger partial charge on any atom is -0.444 e. The molecule has 1 aliphatic carbocycles. The monoisotopic (exact) mass is 498 g/mol. The Kier molecular flexibility index (Phi) is 7.42. The Balaban J connectivity index is 1.47. The number of aliphatic hydroxyl groups excluding tert-OH is 1. The number of ether oxygens (including phenoxy) is 1. The molecule has 2 atom stereocenters. The molecule has 192 valence electrons. The average molecular weight is 499 g/mol. The molecule has 0 radical (unpaired) electrons. The second-order valence-corrected chi connectivity index (χ2v) is 10.3. The summed E-state index contributed by atoms with van der Waals surface area (Å²) in [7, 11) is 0. The van der Waals surface area contributed by atoms with Gasteiger partial charge < -0.3 is 20.5 Å². The number of nitrogens with zero attached hydrogens (tertiary/aromatic N) is 2. The van der Waals surface area contributed by atoms with E-state index in [4.69, 9.17) is 4.74 Å². The molecule has 36 heavy (non-hydrogen) atoms. The van der Waals surface area contributed by atoms with E-state index in [-0.39, 0.29) is 18.5 Å². The van der Waals surface area contributed by atoms with E-state index in [9.17, 15) is 18.7 Å². The van der Waals surface area contributed by atoms with Crippen LogP contribution in [0.3, 0.4) is 0 Å². The van der Waals surface area contributed by atoms with Crippen LogP contribution in [-0.4, -0.2) is 45.3 Å². The summed E-state index contributed by atoms with van der Waals surface area (Å²) < 4.78 is 34.7. The Labute approximate surface area is 209 Å². The molecule has 1 fully saturated rings. The minimum atomic E-state index is -1.05. The smallest absolute Gasteiger partial charge is 0.407 e. The topological polar surface area (TPSA) is 88.4 Å². The first-order valence-corrected chi connectivity index (χ1v) is 12.0. The molecule has 4 rings (SSSR count). The Hall–Kier alpha value is -3.30. The van der Waals surface area contributed by atoms with Crippen molar-refractivity contribution in [3.05, 3.63) is 83.7 Å². The summed E-state index contributed by atoms with van der Waals surface area (Å²) in [6, 6.07) is 12.2. The molecule has 0 spiro atoms. The van der Waals surface area contributed by atoms with Crippen molar-refractivity contribution in [3.63, 3.8) is 0 Å². The molecule has 3 N–H and O–H groups in total. The predicted octanol–water partition coefficient (Wildman–Crippen LogP) is 4.23. The largest absolute Gasteiger partial charge is 0.444 e. The quantitative estimate of drug-likeness (QED) is 0.411. The van der Waals surface area contributed by atoms with Crippen molar-refractivity contribution in [1.29, 1.82) is 0 Å². The fourth-order valence-electron chi connectivity index (χ4n) is 4.23. The van der Waals surface area contributed by atoms with Gasteiger partial charge in [-0.05, 0) is 81.5 Å². The number of rotatable bonds is 9. The molecular weight excluding hydrogens is 466 g/mol. The van der Waals surface area contributed by atoms with Gasteiger partial charge >= 0.3 is 6.09 Å². The minimum absolute atomic E-state index is 0.0263. The Morgan fingerprint density at radius 1 is 1.17 bits per heavy atom. The van der Waals surface area contributed by atoms with Gasteiger partial charge in [0.2, 0.25) is 0 Å². The lowest BCUT2D eigenvalue weighted by Gasteiger charge is -2.28. The summed E-state index contributed by atoms with van der Waals surface area (Å²) in [5, 5.41) is 21.5. The van der Waals surface area contributed by atoms with Crippen molar-refractivity contribution in [3.8, 4) is 5.69 Å². The number of benzene rings is 2. The maximum atomic E-state index is 13.8. The van der Waals surface area contributed by atoms with Gasteiger partial charge in [-0.1, -0.05) is 12.1 Å². The van der Waals surface area contributed by atoms with Crippen molar-refractivity contribution in [2.24, 2.45) is 0 Å². The van der Waals surface area contributed by atoms with Gasteiger partial charge in [0.1, 0.15) is 17.2 Å². The lowest BCUT2D eigenvalue weighted by atomic mass is 9.99. The first kappa shape index (κ1) is 25.8. The van der Waals surface area contributed by atoms with Crippen molar-refractivity contribution in [1.82, 2.24) is 20.4 Å². The van der Waals surface area contributed by atoms with Crippen molar-refractivity contribution in [2.45, 2.75) is 63.3 Å². The van der Waals surface area contributed by atoms with Crippen LogP contribution in [0.15, 0.2) is 60.9 Å². The molecule has 3 aromatic rings. The Morgan fingerprint density at radius 3 is 2.50 bits per heavy atom. The predicted molar refractivity (Wildman–Crippen MR) is 132 cm³/mol. The van der Waals surface area contributed by atoms with E-state index in [2.05, 4.69) is 21.8 Å². The molecule has 7 nitrogen and oxygen atoms in total. The second-order valence-electron chi connectivity index (χ2n) is 10.3. The molecule has 2 unspecified atom stereocenters. The summed E-state index contributed by atoms with van der Waals surface area (Å²) in [6.45, 7) is 5.35. The molecule has 1 aromatic heterocycles. The van der Waals surface area contributed by atoms with Gasteiger partial charge in [-0.2, -0.15) is 5.10 Å². The van der Waals surface area contributed by atoms with E-state index in [1.165, 1.54) is 12.1 Å². The molecule has 0 saturated heterocycles. The van der Waals surface area contributed by atoms with Crippen LogP contribution in [0.2, 0.25) is 0 Å². The van der Waals surface area contributed by atoms with Gasteiger partial charge in [-0.3, -0.25) is 0 Å². The van der Waals surface area contributed by atoms with Crippen LogP contribution in [0.4, 0.5) is 13.6 Å². The highest BCUT2D eigenvalue weighted by molar-refractivity contribution is 5.68. The molecule has 9 heteroatoms. The van der Waals surface area contributed by atoms with Gasteiger partial charge in [0, 0.05) is 30.5 Å². The van der Waals surface area contributed by atoms with E-state index in [1.54, 1.807) is 31.6 Å². The molecule has 1 aliphatic rings. The van der Waals surface area contributed by atoms with E-state index in [0.29, 0.717) is 5.56 Å². The van der Waals surface area contributed by atoms with Crippen LogP contribution in [0.1, 0.15) is 44.7 Å². The number of aliphatic hydroxyl groups is 1. The highest BCUT2D eigenvalue weighted by Gasteiger charge is 2.44.